The lowest BCUT2D eigenvalue weighted by Gasteiger charge is -2.72. The Morgan fingerprint density at radius 3 is 2.26 bits per heavy atom. The summed E-state index contributed by atoms with van der Waals surface area (Å²) < 4.78 is 6.10. The van der Waals surface area contributed by atoms with Gasteiger partial charge in [-0.05, 0) is 96.5 Å². The van der Waals surface area contributed by atoms with Crippen LogP contribution in [0.4, 0.5) is 0 Å². The van der Waals surface area contributed by atoms with Gasteiger partial charge in [-0.1, -0.05) is 72.7 Å². The molecule has 4 fully saturated rings. The van der Waals surface area contributed by atoms with Crippen molar-refractivity contribution in [1.29, 1.82) is 5.26 Å². The van der Waals surface area contributed by atoms with Crippen molar-refractivity contribution in [2.24, 2.45) is 56.2 Å². The Morgan fingerprint density at radius 1 is 0.907 bits per heavy atom. The lowest BCUT2D eigenvalue weighted by atomic mass is 9.31. The minimum absolute atomic E-state index is 0.0516. The van der Waals surface area contributed by atoms with Crippen LogP contribution < -0.4 is 0 Å². The maximum Gasteiger partial charge on any atom is 0.338 e. The molecule has 0 bridgehead atoms. The van der Waals surface area contributed by atoms with E-state index in [-0.39, 0.29) is 62.7 Å². The van der Waals surface area contributed by atoms with Crippen molar-refractivity contribution in [3.63, 3.8) is 0 Å². The number of Topliss-reactive ketones (excluding diaryl/α,β-unsaturated/α-hetero) is 2. The highest BCUT2D eigenvalue weighted by Crippen LogP contribution is 2.75. The van der Waals surface area contributed by atoms with Crippen LogP contribution in [-0.2, 0) is 14.3 Å². The molecule has 0 amide bonds. The van der Waals surface area contributed by atoms with E-state index in [2.05, 4.69) is 40.7 Å². The van der Waals surface area contributed by atoms with Gasteiger partial charge in [0, 0.05) is 23.2 Å². The average molecular weight is 584 g/mol. The first-order valence-corrected chi connectivity index (χ1v) is 16.5. The van der Waals surface area contributed by atoms with E-state index in [9.17, 15) is 19.6 Å². The minimum Gasteiger partial charge on any atom is -0.461 e. The van der Waals surface area contributed by atoms with E-state index in [1.807, 2.05) is 38.1 Å². The zero-order valence-corrected chi connectivity index (χ0v) is 27.2. The number of hydrogen-bond acceptors (Lipinski definition) is 5. The standard InChI is InChI=1S/C38H49NO4/c1-33(2)15-17-38(23-43-32(42)24-11-9-8-10-12-24)18-16-37(7)30(26(38)21-33)27(40)19-29-35(5)20-25(22-39)31(41)34(3,4)28(35)13-14-36(29,37)6/h8-12,20,26,28-30H,13-19,21,23H2,1-7H3/t26-,28+,29-,30+,35+,36-,37-,38-/m1/s1. The van der Waals surface area contributed by atoms with Crippen molar-refractivity contribution in [2.75, 3.05) is 6.61 Å². The molecule has 5 aliphatic rings. The summed E-state index contributed by atoms with van der Waals surface area (Å²) in [5.74, 6) is 0.250. The van der Waals surface area contributed by atoms with Gasteiger partial charge in [0.05, 0.1) is 17.7 Å². The topological polar surface area (TPSA) is 84.2 Å². The Morgan fingerprint density at radius 2 is 1.58 bits per heavy atom. The fraction of sp³-hybridized carbons (Fsp3) is 0.684. The molecule has 1 aromatic carbocycles. The van der Waals surface area contributed by atoms with Gasteiger partial charge < -0.3 is 4.74 Å². The highest BCUT2D eigenvalue weighted by atomic mass is 16.5. The molecule has 0 heterocycles. The number of rotatable bonds is 3. The van der Waals surface area contributed by atoms with Crippen LogP contribution in [0.2, 0.25) is 0 Å². The predicted octanol–water partition coefficient (Wildman–Crippen LogP) is 8.14. The van der Waals surface area contributed by atoms with Gasteiger partial charge in [-0.25, -0.2) is 4.79 Å². The normalized spacial score (nSPS) is 42.7. The number of esters is 1. The molecular weight excluding hydrogens is 534 g/mol. The number of hydrogen-bond donors (Lipinski definition) is 0. The number of nitriles is 1. The van der Waals surface area contributed by atoms with Crippen LogP contribution in [-0.4, -0.2) is 24.1 Å². The van der Waals surface area contributed by atoms with E-state index in [1.54, 1.807) is 12.1 Å². The molecule has 6 rings (SSSR count). The molecule has 43 heavy (non-hydrogen) atoms. The van der Waals surface area contributed by atoms with Gasteiger partial charge in [0.1, 0.15) is 11.9 Å². The van der Waals surface area contributed by atoms with Gasteiger partial charge >= 0.3 is 5.97 Å². The Balaban J connectivity index is 1.38. The molecule has 8 atom stereocenters. The molecule has 0 saturated heterocycles. The molecular formula is C38H49NO4. The quantitative estimate of drug-likeness (QED) is 0.335. The third kappa shape index (κ3) is 4.17. The lowest BCUT2D eigenvalue weighted by Crippen LogP contribution is -2.69. The van der Waals surface area contributed by atoms with E-state index in [0.29, 0.717) is 24.4 Å². The summed E-state index contributed by atoms with van der Waals surface area (Å²) in [6, 6.07) is 11.4. The summed E-state index contributed by atoms with van der Waals surface area (Å²) in [4.78, 5) is 41.2. The zero-order valence-electron chi connectivity index (χ0n) is 27.2. The first-order valence-electron chi connectivity index (χ1n) is 16.5. The Bertz CT molecular complexity index is 1430. The molecule has 0 N–H and O–H groups in total. The molecule has 0 spiro atoms. The highest BCUT2D eigenvalue weighted by molar-refractivity contribution is 6.04. The highest BCUT2D eigenvalue weighted by Gasteiger charge is 2.72. The number of ether oxygens (including phenoxy) is 1. The molecule has 0 unspecified atom stereocenters. The Hall–Kier alpha value is -2.74. The van der Waals surface area contributed by atoms with Crippen LogP contribution in [0.5, 0.6) is 0 Å². The van der Waals surface area contributed by atoms with Crippen LogP contribution in [0.25, 0.3) is 0 Å². The van der Waals surface area contributed by atoms with Crippen molar-refractivity contribution in [2.45, 2.75) is 99.8 Å². The number of carbonyl (C=O) groups excluding carboxylic acids is 3. The summed E-state index contributed by atoms with van der Waals surface area (Å²) in [6.07, 6.45) is 9.23. The smallest absolute Gasteiger partial charge is 0.338 e. The molecule has 0 radical (unpaired) electrons. The molecule has 5 aliphatic carbocycles. The number of fused-ring (bicyclic) bond motifs is 7. The second kappa shape index (κ2) is 9.63. The summed E-state index contributed by atoms with van der Waals surface area (Å²) >= 11 is 0. The summed E-state index contributed by atoms with van der Waals surface area (Å²) in [6.45, 7) is 16.1. The number of allylic oxidation sites excluding steroid dienone is 2. The van der Waals surface area contributed by atoms with Gasteiger partial charge in [-0.2, -0.15) is 5.26 Å². The third-order valence-corrected chi connectivity index (χ3v) is 14.1. The zero-order chi connectivity index (χ0) is 31.2. The second-order valence-electron chi connectivity index (χ2n) is 17.0. The number of ketones is 2. The van der Waals surface area contributed by atoms with E-state index >= 15 is 0 Å². The van der Waals surface area contributed by atoms with Crippen molar-refractivity contribution >= 4 is 17.5 Å². The molecule has 1 aromatic rings. The second-order valence-corrected chi connectivity index (χ2v) is 17.0. The van der Waals surface area contributed by atoms with Crippen LogP contribution in [0, 0.1) is 67.5 Å². The largest absolute Gasteiger partial charge is 0.461 e. The van der Waals surface area contributed by atoms with Gasteiger partial charge in [0.15, 0.2) is 5.78 Å². The van der Waals surface area contributed by atoms with E-state index < -0.39 is 10.8 Å². The van der Waals surface area contributed by atoms with E-state index in [1.165, 1.54) is 0 Å². The van der Waals surface area contributed by atoms with Gasteiger partial charge in [0.25, 0.3) is 0 Å². The first kappa shape index (κ1) is 30.3. The monoisotopic (exact) mass is 583 g/mol. The fourth-order valence-corrected chi connectivity index (χ4v) is 11.5. The fourth-order valence-electron chi connectivity index (χ4n) is 11.5. The predicted molar refractivity (Wildman–Crippen MR) is 166 cm³/mol. The van der Waals surface area contributed by atoms with Gasteiger partial charge in [0.2, 0.25) is 0 Å². The maximum absolute atomic E-state index is 14.7. The van der Waals surface area contributed by atoms with Gasteiger partial charge in [-0.15, -0.1) is 0 Å². The van der Waals surface area contributed by atoms with E-state index in [0.717, 1.165) is 44.9 Å². The van der Waals surface area contributed by atoms with Crippen LogP contribution in [0.1, 0.15) is 110 Å². The molecule has 0 aromatic heterocycles. The van der Waals surface area contributed by atoms with E-state index in [4.69, 9.17) is 4.74 Å². The number of nitrogens with zero attached hydrogens (tertiary/aromatic N) is 1. The number of carbonyl (C=O) groups is 3. The SMILES string of the molecule is CC1(C)CC[C@]2(COC(=O)c3ccccc3)CC[C@]3(C)[C@H](C(=O)C[C@@H]4[C@@]5(C)C=C(C#N)C(=O)C(C)(C)[C@@H]5CC[C@]43C)[C@H]2C1. The maximum atomic E-state index is 14.7. The average Bonchev–Trinajstić information content (AvgIpc) is 2.95. The minimum atomic E-state index is -0.631. The first-order chi connectivity index (χ1) is 20.0. The van der Waals surface area contributed by atoms with Crippen LogP contribution >= 0.6 is 0 Å². The number of benzene rings is 1. The Labute approximate surface area is 257 Å². The molecule has 0 aliphatic heterocycles. The molecule has 4 saturated carbocycles. The Kier molecular flexibility index (Phi) is 6.78. The third-order valence-electron chi connectivity index (χ3n) is 14.1. The van der Waals surface area contributed by atoms with Gasteiger partial charge in [-0.3, -0.25) is 9.59 Å². The lowest BCUT2D eigenvalue weighted by molar-refractivity contribution is -0.226. The summed E-state index contributed by atoms with van der Waals surface area (Å²) in [5.41, 5.74) is -0.590. The molecule has 230 valence electrons. The van der Waals surface area contributed by atoms with Crippen molar-refractivity contribution < 1.29 is 19.1 Å². The summed E-state index contributed by atoms with van der Waals surface area (Å²) in [5, 5.41) is 9.98. The van der Waals surface area contributed by atoms with Crippen molar-refractivity contribution in [3.05, 3.63) is 47.5 Å². The van der Waals surface area contributed by atoms with Crippen molar-refractivity contribution in [1.82, 2.24) is 0 Å². The summed E-state index contributed by atoms with van der Waals surface area (Å²) in [7, 11) is 0. The van der Waals surface area contributed by atoms with Crippen LogP contribution in [0.3, 0.4) is 0 Å². The van der Waals surface area contributed by atoms with Crippen LogP contribution in [0.15, 0.2) is 42.0 Å². The molecule has 5 nitrogen and oxygen atoms in total. The molecule has 5 heteroatoms. The van der Waals surface area contributed by atoms with Crippen molar-refractivity contribution in [3.8, 4) is 6.07 Å².